The van der Waals surface area contributed by atoms with E-state index in [1.165, 1.54) is 6.07 Å². The van der Waals surface area contributed by atoms with Crippen LogP contribution in [-0.4, -0.2) is 19.9 Å². The van der Waals surface area contributed by atoms with Crippen LogP contribution in [0.4, 0.5) is 0 Å². The molecule has 2 aromatic heterocycles. The Morgan fingerprint density at radius 1 is 1.50 bits per heavy atom. The lowest BCUT2D eigenvalue weighted by Gasteiger charge is -2.09. The zero-order valence-corrected chi connectivity index (χ0v) is 10.5. The molecule has 0 atom stereocenters. The van der Waals surface area contributed by atoms with Gasteiger partial charge in [-0.2, -0.15) is 0 Å². The summed E-state index contributed by atoms with van der Waals surface area (Å²) in [6.45, 7) is 2.11. The van der Waals surface area contributed by atoms with Crippen molar-refractivity contribution in [1.29, 1.82) is 0 Å². The molecule has 0 aliphatic heterocycles. The Morgan fingerprint density at radius 3 is 2.89 bits per heavy atom. The Kier molecular flexibility index (Phi) is 2.66. The lowest BCUT2D eigenvalue weighted by atomic mass is 10.3. The van der Waals surface area contributed by atoms with Gasteiger partial charge in [-0.3, -0.25) is 9.36 Å². The van der Waals surface area contributed by atoms with Gasteiger partial charge in [0, 0.05) is 12.0 Å². The first-order valence-corrected chi connectivity index (χ1v) is 6.08. The molecule has 0 spiro atoms. The van der Waals surface area contributed by atoms with Crippen LogP contribution in [-0.2, 0) is 6.54 Å². The van der Waals surface area contributed by atoms with Crippen LogP contribution in [0.15, 0.2) is 15.5 Å². The van der Waals surface area contributed by atoms with Crippen LogP contribution >= 0.6 is 11.6 Å². The summed E-state index contributed by atoms with van der Waals surface area (Å²) in [5.41, 5.74) is 1.15. The maximum absolute atomic E-state index is 12.0. The highest BCUT2D eigenvalue weighted by Crippen LogP contribution is 2.38. The fourth-order valence-corrected chi connectivity index (χ4v) is 2.03. The molecule has 18 heavy (non-hydrogen) atoms. The fraction of sp³-hybridized carbons (Fsp3) is 0.455. The molecule has 1 saturated carbocycles. The minimum Gasteiger partial charge on any atom is -0.290 e. The molecule has 3 rings (SSSR count). The van der Waals surface area contributed by atoms with Gasteiger partial charge in [-0.05, 0) is 19.8 Å². The zero-order chi connectivity index (χ0) is 12.7. The van der Waals surface area contributed by atoms with E-state index in [1.54, 1.807) is 11.5 Å². The number of nitrogens with zero attached hydrogens (tertiary/aromatic N) is 4. The first-order chi connectivity index (χ1) is 8.65. The third-order valence-electron chi connectivity index (χ3n) is 3.00. The van der Waals surface area contributed by atoms with Gasteiger partial charge in [0.05, 0.1) is 6.54 Å². The number of rotatable bonds is 3. The van der Waals surface area contributed by atoms with Gasteiger partial charge in [-0.25, -0.2) is 9.61 Å². The SMILES string of the molecule is Cc1nonc1Cn1c(C2CC2)nc(Cl)cc1=O. The van der Waals surface area contributed by atoms with E-state index in [-0.39, 0.29) is 10.7 Å². The van der Waals surface area contributed by atoms with Crippen LogP contribution in [0.25, 0.3) is 0 Å². The summed E-state index contributed by atoms with van der Waals surface area (Å²) in [6, 6.07) is 1.32. The molecule has 0 radical (unpaired) electrons. The highest BCUT2D eigenvalue weighted by molar-refractivity contribution is 6.29. The molecular weight excluding hydrogens is 256 g/mol. The van der Waals surface area contributed by atoms with Gasteiger partial charge in [0.25, 0.3) is 5.56 Å². The topological polar surface area (TPSA) is 73.8 Å². The van der Waals surface area contributed by atoms with Gasteiger partial charge in [-0.15, -0.1) is 0 Å². The highest BCUT2D eigenvalue weighted by atomic mass is 35.5. The number of aromatic nitrogens is 4. The normalized spacial score (nSPS) is 15.0. The lowest BCUT2D eigenvalue weighted by molar-refractivity contribution is 0.300. The quantitative estimate of drug-likeness (QED) is 0.788. The Balaban J connectivity index is 2.05. The Bertz CT molecular complexity index is 645. The summed E-state index contributed by atoms with van der Waals surface area (Å²) in [4.78, 5) is 16.2. The second kappa shape index (κ2) is 4.20. The van der Waals surface area contributed by atoms with E-state index in [1.807, 2.05) is 0 Å². The van der Waals surface area contributed by atoms with Crippen molar-refractivity contribution in [3.63, 3.8) is 0 Å². The Morgan fingerprint density at radius 2 is 2.28 bits per heavy atom. The monoisotopic (exact) mass is 266 g/mol. The Hall–Kier alpha value is -1.69. The summed E-state index contributed by atoms with van der Waals surface area (Å²) in [5.74, 6) is 1.06. The molecular formula is C11H11ClN4O2. The van der Waals surface area contributed by atoms with E-state index < -0.39 is 0 Å². The summed E-state index contributed by atoms with van der Waals surface area (Å²) >= 11 is 5.84. The minimum absolute atomic E-state index is 0.167. The molecule has 0 N–H and O–H groups in total. The van der Waals surface area contributed by atoms with Crippen molar-refractivity contribution in [3.8, 4) is 0 Å². The molecule has 0 amide bonds. The van der Waals surface area contributed by atoms with Gasteiger partial charge in [0.15, 0.2) is 0 Å². The van der Waals surface area contributed by atoms with Crippen molar-refractivity contribution in [2.24, 2.45) is 0 Å². The highest BCUT2D eigenvalue weighted by Gasteiger charge is 2.29. The first kappa shape index (κ1) is 11.4. The van der Waals surface area contributed by atoms with Crippen LogP contribution in [0.1, 0.15) is 36.0 Å². The third-order valence-corrected chi connectivity index (χ3v) is 3.20. The van der Waals surface area contributed by atoms with Crippen molar-refractivity contribution < 1.29 is 4.63 Å². The van der Waals surface area contributed by atoms with Crippen molar-refractivity contribution in [2.45, 2.75) is 32.2 Å². The average Bonchev–Trinajstić information content (AvgIpc) is 3.07. The lowest BCUT2D eigenvalue weighted by Crippen LogP contribution is -2.25. The van der Waals surface area contributed by atoms with E-state index in [4.69, 9.17) is 11.6 Å². The van der Waals surface area contributed by atoms with Crippen LogP contribution in [0.3, 0.4) is 0 Å². The number of hydrogen-bond acceptors (Lipinski definition) is 5. The molecule has 0 bridgehead atoms. The fourth-order valence-electron chi connectivity index (χ4n) is 1.85. The summed E-state index contributed by atoms with van der Waals surface area (Å²) in [6.07, 6.45) is 2.09. The van der Waals surface area contributed by atoms with Crippen LogP contribution in [0, 0.1) is 6.92 Å². The van der Waals surface area contributed by atoms with Crippen LogP contribution < -0.4 is 5.56 Å². The summed E-state index contributed by atoms with van der Waals surface area (Å²) < 4.78 is 6.23. The van der Waals surface area contributed by atoms with E-state index in [2.05, 4.69) is 19.9 Å². The molecule has 0 unspecified atom stereocenters. The van der Waals surface area contributed by atoms with E-state index >= 15 is 0 Å². The summed E-state index contributed by atoms with van der Waals surface area (Å²) in [7, 11) is 0. The number of hydrogen-bond donors (Lipinski definition) is 0. The third kappa shape index (κ3) is 2.03. The van der Waals surface area contributed by atoms with Crippen LogP contribution in [0.2, 0.25) is 5.15 Å². The predicted molar refractivity (Wildman–Crippen MR) is 63.6 cm³/mol. The zero-order valence-electron chi connectivity index (χ0n) is 9.76. The van der Waals surface area contributed by atoms with Crippen molar-refractivity contribution in [3.05, 3.63) is 38.8 Å². The molecule has 1 aliphatic rings. The standard InChI is InChI=1S/C11H11ClN4O2/c1-6-8(15-18-14-6)5-16-10(17)4-9(12)13-11(16)7-2-3-7/h4,7H,2-3,5H2,1H3. The largest absolute Gasteiger partial charge is 0.290 e. The molecule has 2 aromatic rings. The van der Waals surface area contributed by atoms with Gasteiger partial charge >= 0.3 is 0 Å². The molecule has 1 aliphatic carbocycles. The predicted octanol–water partition coefficient (Wildman–Crippen LogP) is 1.51. The van der Waals surface area contributed by atoms with Crippen molar-refractivity contribution in [1.82, 2.24) is 19.9 Å². The first-order valence-electron chi connectivity index (χ1n) is 5.70. The second-order valence-corrected chi connectivity index (χ2v) is 4.82. The minimum atomic E-state index is -0.167. The maximum Gasteiger partial charge on any atom is 0.255 e. The van der Waals surface area contributed by atoms with E-state index in [0.717, 1.165) is 18.7 Å². The molecule has 1 fully saturated rings. The van der Waals surface area contributed by atoms with Gasteiger partial charge in [0.2, 0.25) is 0 Å². The van der Waals surface area contributed by atoms with Crippen LogP contribution in [0.5, 0.6) is 0 Å². The van der Waals surface area contributed by atoms with E-state index in [0.29, 0.717) is 23.9 Å². The van der Waals surface area contributed by atoms with Gasteiger partial charge in [-0.1, -0.05) is 21.9 Å². The van der Waals surface area contributed by atoms with E-state index in [9.17, 15) is 4.79 Å². The number of halogens is 1. The molecule has 0 saturated heterocycles. The number of aryl methyl sites for hydroxylation is 1. The average molecular weight is 267 g/mol. The second-order valence-electron chi connectivity index (χ2n) is 4.43. The van der Waals surface area contributed by atoms with Gasteiger partial charge in [0.1, 0.15) is 22.4 Å². The molecule has 0 aromatic carbocycles. The molecule has 6 nitrogen and oxygen atoms in total. The van der Waals surface area contributed by atoms with Crippen molar-refractivity contribution >= 4 is 11.6 Å². The van der Waals surface area contributed by atoms with Crippen molar-refractivity contribution in [2.75, 3.05) is 0 Å². The summed E-state index contributed by atoms with van der Waals surface area (Å²) in [5, 5.41) is 7.73. The molecule has 7 heteroatoms. The smallest absolute Gasteiger partial charge is 0.255 e. The van der Waals surface area contributed by atoms with Gasteiger partial charge < -0.3 is 0 Å². The maximum atomic E-state index is 12.0. The Labute approximate surface area is 108 Å². The molecule has 2 heterocycles. The molecule has 94 valence electrons.